The van der Waals surface area contributed by atoms with E-state index >= 15 is 0 Å². The van der Waals surface area contributed by atoms with E-state index in [-0.39, 0.29) is 0 Å². The first kappa shape index (κ1) is 11.1. The summed E-state index contributed by atoms with van der Waals surface area (Å²) in [7, 11) is 0. The average molecular weight is 235 g/mol. The standard InChI is InChI=1S/C17H17N/c1-13-14(11-12-18-13)9-10-16-7-4-6-15-5-2-3-8-17(15)16/h2-8,11-12,18H,9-10H2,1H3. The molecule has 2 aromatic carbocycles. The summed E-state index contributed by atoms with van der Waals surface area (Å²) >= 11 is 0. The molecule has 3 aromatic rings. The quantitative estimate of drug-likeness (QED) is 0.698. The van der Waals surface area contributed by atoms with Crippen LogP contribution in [0.5, 0.6) is 0 Å². The number of hydrogen-bond donors (Lipinski definition) is 1. The van der Waals surface area contributed by atoms with Gasteiger partial charge in [-0.3, -0.25) is 0 Å². The van der Waals surface area contributed by atoms with Gasteiger partial charge >= 0.3 is 0 Å². The summed E-state index contributed by atoms with van der Waals surface area (Å²) in [5.41, 5.74) is 4.15. The molecule has 1 heteroatoms. The van der Waals surface area contributed by atoms with Gasteiger partial charge in [0.2, 0.25) is 0 Å². The predicted octanol–water partition coefficient (Wildman–Crippen LogP) is 4.26. The molecule has 0 aliphatic rings. The molecule has 0 saturated carbocycles. The maximum atomic E-state index is 3.24. The van der Waals surface area contributed by atoms with Gasteiger partial charge in [0, 0.05) is 11.9 Å². The van der Waals surface area contributed by atoms with E-state index in [2.05, 4.69) is 60.4 Å². The fraction of sp³-hybridized carbons (Fsp3) is 0.176. The van der Waals surface area contributed by atoms with Crippen molar-refractivity contribution < 1.29 is 0 Å². The van der Waals surface area contributed by atoms with Gasteiger partial charge < -0.3 is 4.98 Å². The average Bonchev–Trinajstić information content (AvgIpc) is 2.82. The van der Waals surface area contributed by atoms with E-state index in [1.165, 1.54) is 27.6 Å². The lowest BCUT2D eigenvalue weighted by atomic mass is 9.99. The van der Waals surface area contributed by atoms with Crippen LogP contribution in [0.15, 0.2) is 54.7 Å². The van der Waals surface area contributed by atoms with Gasteiger partial charge in [-0.05, 0) is 47.7 Å². The van der Waals surface area contributed by atoms with Crippen LogP contribution >= 0.6 is 0 Å². The van der Waals surface area contributed by atoms with Crippen LogP contribution < -0.4 is 0 Å². The molecule has 18 heavy (non-hydrogen) atoms. The molecule has 1 heterocycles. The first-order valence-corrected chi connectivity index (χ1v) is 6.44. The van der Waals surface area contributed by atoms with Crippen molar-refractivity contribution in [3.63, 3.8) is 0 Å². The minimum atomic E-state index is 1.10. The molecule has 1 N–H and O–H groups in total. The highest BCUT2D eigenvalue weighted by Crippen LogP contribution is 2.20. The number of fused-ring (bicyclic) bond motifs is 1. The van der Waals surface area contributed by atoms with Gasteiger partial charge in [-0.2, -0.15) is 0 Å². The second kappa shape index (κ2) is 4.69. The summed E-state index contributed by atoms with van der Waals surface area (Å²) in [6.07, 6.45) is 4.22. The van der Waals surface area contributed by atoms with Crippen molar-refractivity contribution in [2.24, 2.45) is 0 Å². The highest BCUT2D eigenvalue weighted by Gasteiger charge is 2.03. The molecule has 0 unspecified atom stereocenters. The number of aromatic amines is 1. The second-order valence-electron chi connectivity index (χ2n) is 4.77. The van der Waals surface area contributed by atoms with E-state index in [0.29, 0.717) is 0 Å². The first-order valence-electron chi connectivity index (χ1n) is 6.44. The fourth-order valence-electron chi connectivity index (χ4n) is 2.54. The predicted molar refractivity (Wildman–Crippen MR) is 76.9 cm³/mol. The Balaban J connectivity index is 1.89. The van der Waals surface area contributed by atoms with Crippen LogP contribution in [0.3, 0.4) is 0 Å². The normalized spacial score (nSPS) is 10.9. The molecule has 0 radical (unpaired) electrons. The molecule has 0 fully saturated rings. The number of aryl methyl sites for hydroxylation is 3. The molecule has 0 atom stereocenters. The van der Waals surface area contributed by atoms with Gasteiger partial charge in [0.15, 0.2) is 0 Å². The number of nitrogens with one attached hydrogen (secondary N) is 1. The van der Waals surface area contributed by atoms with Crippen molar-refractivity contribution >= 4 is 10.8 Å². The second-order valence-corrected chi connectivity index (χ2v) is 4.77. The zero-order chi connectivity index (χ0) is 12.4. The number of benzene rings is 2. The molecule has 0 aliphatic heterocycles. The lowest BCUT2D eigenvalue weighted by molar-refractivity contribution is 0.956. The highest BCUT2D eigenvalue weighted by atomic mass is 14.7. The maximum absolute atomic E-state index is 3.24. The molecule has 0 aliphatic carbocycles. The minimum Gasteiger partial charge on any atom is -0.365 e. The zero-order valence-corrected chi connectivity index (χ0v) is 10.6. The van der Waals surface area contributed by atoms with Crippen molar-refractivity contribution in [3.8, 4) is 0 Å². The van der Waals surface area contributed by atoms with E-state index in [9.17, 15) is 0 Å². The van der Waals surface area contributed by atoms with Gasteiger partial charge in [-0.25, -0.2) is 0 Å². The summed E-state index contributed by atoms with van der Waals surface area (Å²) in [5.74, 6) is 0. The molecule has 0 amide bonds. The van der Waals surface area contributed by atoms with Crippen LogP contribution in [0, 0.1) is 6.92 Å². The Bertz CT molecular complexity index is 659. The lowest BCUT2D eigenvalue weighted by Crippen LogP contribution is -1.93. The summed E-state index contributed by atoms with van der Waals surface area (Å²) in [5, 5.41) is 2.72. The molecule has 0 saturated heterocycles. The summed E-state index contributed by atoms with van der Waals surface area (Å²) in [6, 6.07) is 17.4. The molecule has 1 aromatic heterocycles. The van der Waals surface area contributed by atoms with Gasteiger partial charge in [-0.15, -0.1) is 0 Å². The molecule has 90 valence electrons. The monoisotopic (exact) mass is 235 g/mol. The maximum Gasteiger partial charge on any atom is 0.0148 e. The molecule has 1 nitrogen and oxygen atoms in total. The van der Waals surface area contributed by atoms with Gasteiger partial charge in [0.05, 0.1) is 0 Å². The van der Waals surface area contributed by atoms with E-state index in [0.717, 1.165) is 12.8 Å². The Kier molecular flexibility index (Phi) is 2.89. The number of H-pyrrole nitrogens is 1. The van der Waals surface area contributed by atoms with Gasteiger partial charge in [-0.1, -0.05) is 42.5 Å². The Morgan fingerprint density at radius 3 is 2.44 bits per heavy atom. The highest BCUT2D eigenvalue weighted by molar-refractivity contribution is 5.85. The zero-order valence-electron chi connectivity index (χ0n) is 10.6. The fourth-order valence-corrected chi connectivity index (χ4v) is 2.54. The van der Waals surface area contributed by atoms with Gasteiger partial charge in [0.25, 0.3) is 0 Å². The largest absolute Gasteiger partial charge is 0.365 e. The summed E-state index contributed by atoms with van der Waals surface area (Å²) in [6.45, 7) is 2.14. The van der Waals surface area contributed by atoms with E-state index in [1.54, 1.807) is 0 Å². The summed E-state index contributed by atoms with van der Waals surface area (Å²) < 4.78 is 0. The van der Waals surface area contributed by atoms with Crippen molar-refractivity contribution in [3.05, 3.63) is 71.5 Å². The van der Waals surface area contributed by atoms with Crippen LogP contribution in [0.4, 0.5) is 0 Å². The van der Waals surface area contributed by atoms with Crippen molar-refractivity contribution in [2.45, 2.75) is 19.8 Å². The molecule has 0 spiro atoms. The Morgan fingerprint density at radius 2 is 1.61 bits per heavy atom. The van der Waals surface area contributed by atoms with Gasteiger partial charge in [0.1, 0.15) is 0 Å². The molecular weight excluding hydrogens is 218 g/mol. The first-order chi connectivity index (χ1) is 8.84. The summed E-state index contributed by atoms with van der Waals surface area (Å²) in [4.78, 5) is 3.24. The lowest BCUT2D eigenvalue weighted by Gasteiger charge is -2.06. The van der Waals surface area contributed by atoms with E-state index < -0.39 is 0 Å². The van der Waals surface area contributed by atoms with Crippen LogP contribution in [0.25, 0.3) is 10.8 Å². The van der Waals surface area contributed by atoms with Crippen LogP contribution in [-0.2, 0) is 12.8 Å². The van der Waals surface area contributed by atoms with Crippen LogP contribution in [0.2, 0.25) is 0 Å². The third kappa shape index (κ3) is 2.04. The van der Waals surface area contributed by atoms with Crippen molar-refractivity contribution in [1.29, 1.82) is 0 Å². The molecular formula is C17H17N. The third-order valence-corrected chi connectivity index (χ3v) is 3.61. The number of aromatic nitrogens is 1. The molecule has 3 rings (SSSR count). The van der Waals surface area contributed by atoms with Crippen LogP contribution in [-0.4, -0.2) is 4.98 Å². The third-order valence-electron chi connectivity index (χ3n) is 3.61. The smallest absolute Gasteiger partial charge is 0.0148 e. The minimum absolute atomic E-state index is 1.10. The van der Waals surface area contributed by atoms with Crippen LogP contribution in [0.1, 0.15) is 16.8 Å². The van der Waals surface area contributed by atoms with Crippen molar-refractivity contribution in [2.75, 3.05) is 0 Å². The van der Waals surface area contributed by atoms with E-state index in [4.69, 9.17) is 0 Å². The van der Waals surface area contributed by atoms with Crippen molar-refractivity contribution in [1.82, 2.24) is 4.98 Å². The number of rotatable bonds is 3. The SMILES string of the molecule is Cc1[nH]ccc1CCc1cccc2ccccc12. The number of hydrogen-bond acceptors (Lipinski definition) is 0. The molecule has 0 bridgehead atoms. The topological polar surface area (TPSA) is 15.8 Å². The Hall–Kier alpha value is -2.02. The van der Waals surface area contributed by atoms with E-state index in [1.807, 2.05) is 6.20 Å². The Labute approximate surface area is 107 Å². The Morgan fingerprint density at radius 1 is 0.833 bits per heavy atom.